The second-order valence-electron chi connectivity index (χ2n) is 5.61. The van der Waals surface area contributed by atoms with E-state index in [4.69, 9.17) is 16.3 Å². The van der Waals surface area contributed by atoms with Gasteiger partial charge in [0.1, 0.15) is 10.9 Å². The molecule has 0 amide bonds. The molecule has 3 nitrogen and oxygen atoms in total. The standard InChI is InChI=1S/C16H19ClN2O/c1-5-20-12-8-6-11(7-9-12)15-18-13(16(2,3)4)10-14(17)19-15/h6-10H,5H2,1-4H3. The van der Waals surface area contributed by atoms with E-state index in [9.17, 15) is 0 Å². The van der Waals surface area contributed by atoms with Crippen molar-refractivity contribution in [3.63, 3.8) is 0 Å². The molecule has 106 valence electrons. The van der Waals surface area contributed by atoms with Crippen LogP contribution in [0.25, 0.3) is 11.4 Å². The Bertz CT molecular complexity index is 588. The summed E-state index contributed by atoms with van der Waals surface area (Å²) in [6.45, 7) is 8.93. The van der Waals surface area contributed by atoms with Crippen molar-refractivity contribution in [2.24, 2.45) is 0 Å². The number of halogens is 1. The molecule has 2 rings (SSSR count). The van der Waals surface area contributed by atoms with Crippen LogP contribution in [-0.4, -0.2) is 16.6 Å². The lowest BCUT2D eigenvalue weighted by Crippen LogP contribution is -2.14. The van der Waals surface area contributed by atoms with Crippen molar-refractivity contribution in [2.45, 2.75) is 33.1 Å². The van der Waals surface area contributed by atoms with Crippen molar-refractivity contribution in [1.29, 1.82) is 0 Å². The predicted octanol–water partition coefficient (Wildman–Crippen LogP) is 4.49. The molecule has 2 aromatic rings. The molecule has 0 aliphatic carbocycles. The van der Waals surface area contributed by atoms with Crippen LogP contribution in [0.15, 0.2) is 30.3 Å². The van der Waals surface area contributed by atoms with Crippen LogP contribution in [0.4, 0.5) is 0 Å². The molecule has 0 N–H and O–H groups in total. The van der Waals surface area contributed by atoms with Gasteiger partial charge in [-0.2, -0.15) is 0 Å². The van der Waals surface area contributed by atoms with Crippen LogP contribution in [0.1, 0.15) is 33.4 Å². The first-order valence-corrected chi connectivity index (χ1v) is 7.06. The third-order valence-electron chi connectivity index (χ3n) is 2.89. The third-order valence-corrected chi connectivity index (χ3v) is 3.08. The van der Waals surface area contributed by atoms with Crippen molar-refractivity contribution < 1.29 is 4.74 Å². The number of ether oxygens (including phenoxy) is 1. The highest BCUT2D eigenvalue weighted by atomic mass is 35.5. The van der Waals surface area contributed by atoms with Gasteiger partial charge < -0.3 is 4.74 Å². The van der Waals surface area contributed by atoms with Crippen LogP contribution in [0.3, 0.4) is 0 Å². The monoisotopic (exact) mass is 290 g/mol. The van der Waals surface area contributed by atoms with Crippen molar-refractivity contribution in [3.8, 4) is 17.1 Å². The Kier molecular flexibility index (Phi) is 4.29. The Balaban J connectivity index is 2.39. The molecule has 0 radical (unpaired) electrons. The topological polar surface area (TPSA) is 35.0 Å². The highest BCUT2D eigenvalue weighted by Gasteiger charge is 2.18. The minimum Gasteiger partial charge on any atom is -0.494 e. The van der Waals surface area contributed by atoms with E-state index in [1.807, 2.05) is 37.3 Å². The van der Waals surface area contributed by atoms with Gasteiger partial charge in [-0.1, -0.05) is 32.4 Å². The molecule has 0 saturated heterocycles. The SMILES string of the molecule is CCOc1ccc(-c2nc(Cl)cc(C(C)(C)C)n2)cc1. The first-order valence-electron chi connectivity index (χ1n) is 6.68. The van der Waals surface area contributed by atoms with E-state index in [0.29, 0.717) is 17.6 Å². The molecule has 0 aliphatic rings. The molecule has 4 heteroatoms. The Labute approximate surface area is 125 Å². The molecule has 0 fully saturated rings. The molecule has 0 atom stereocenters. The van der Waals surface area contributed by atoms with Crippen LogP contribution >= 0.6 is 11.6 Å². The van der Waals surface area contributed by atoms with E-state index in [0.717, 1.165) is 17.0 Å². The fraction of sp³-hybridized carbons (Fsp3) is 0.375. The zero-order valence-corrected chi connectivity index (χ0v) is 13.0. The van der Waals surface area contributed by atoms with Crippen LogP contribution in [0.5, 0.6) is 5.75 Å². The fourth-order valence-corrected chi connectivity index (χ4v) is 1.98. The molecule has 1 aromatic heterocycles. The summed E-state index contributed by atoms with van der Waals surface area (Å²) in [5.41, 5.74) is 1.80. The van der Waals surface area contributed by atoms with Crippen molar-refractivity contribution >= 4 is 11.6 Å². The Morgan fingerprint density at radius 1 is 1.10 bits per heavy atom. The maximum Gasteiger partial charge on any atom is 0.161 e. The summed E-state index contributed by atoms with van der Waals surface area (Å²) >= 11 is 6.11. The number of aromatic nitrogens is 2. The van der Waals surface area contributed by atoms with Gasteiger partial charge in [-0.15, -0.1) is 0 Å². The lowest BCUT2D eigenvalue weighted by Gasteiger charge is -2.18. The largest absolute Gasteiger partial charge is 0.494 e. The zero-order valence-electron chi connectivity index (χ0n) is 12.3. The number of hydrogen-bond donors (Lipinski definition) is 0. The van der Waals surface area contributed by atoms with Gasteiger partial charge >= 0.3 is 0 Å². The lowest BCUT2D eigenvalue weighted by molar-refractivity contribution is 0.340. The Morgan fingerprint density at radius 2 is 1.75 bits per heavy atom. The van der Waals surface area contributed by atoms with Crippen LogP contribution in [0.2, 0.25) is 5.15 Å². The van der Waals surface area contributed by atoms with Gasteiger partial charge in [-0.25, -0.2) is 9.97 Å². The molecule has 0 saturated carbocycles. The second-order valence-corrected chi connectivity index (χ2v) is 5.99. The molecule has 0 bridgehead atoms. The third kappa shape index (κ3) is 3.48. The quantitative estimate of drug-likeness (QED) is 0.781. The van der Waals surface area contributed by atoms with Crippen LogP contribution in [-0.2, 0) is 5.41 Å². The first kappa shape index (κ1) is 14.8. The van der Waals surface area contributed by atoms with Gasteiger partial charge in [0.2, 0.25) is 0 Å². The summed E-state index contributed by atoms with van der Waals surface area (Å²) in [5, 5.41) is 0.466. The number of benzene rings is 1. The molecule has 0 unspecified atom stereocenters. The van der Waals surface area contributed by atoms with E-state index in [1.165, 1.54) is 0 Å². The van der Waals surface area contributed by atoms with E-state index in [-0.39, 0.29) is 5.41 Å². The van der Waals surface area contributed by atoms with Gasteiger partial charge in [-0.05, 0) is 37.3 Å². The molecule has 1 aromatic carbocycles. The van der Waals surface area contributed by atoms with E-state index >= 15 is 0 Å². The van der Waals surface area contributed by atoms with Crippen molar-refractivity contribution in [1.82, 2.24) is 9.97 Å². The van der Waals surface area contributed by atoms with Gasteiger partial charge in [0.05, 0.1) is 12.3 Å². The smallest absolute Gasteiger partial charge is 0.161 e. The van der Waals surface area contributed by atoms with Crippen LogP contribution in [0, 0.1) is 0 Å². The van der Waals surface area contributed by atoms with Crippen LogP contribution < -0.4 is 4.74 Å². The summed E-state index contributed by atoms with van der Waals surface area (Å²) in [6.07, 6.45) is 0. The fourth-order valence-electron chi connectivity index (χ4n) is 1.80. The average Bonchev–Trinajstić information content (AvgIpc) is 2.38. The van der Waals surface area contributed by atoms with E-state index in [2.05, 4.69) is 30.7 Å². The Morgan fingerprint density at radius 3 is 2.30 bits per heavy atom. The maximum absolute atomic E-state index is 6.11. The van der Waals surface area contributed by atoms with Gasteiger partial charge in [-0.3, -0.25) is 0 Å². The minimum absolute atomic E-state index is 0.0629. The molecule has 0 spiro atoms. The average molecular weight is 291 g/mol. The normalized spacial score (nSPS) is 11.4. The van der Waals surface area contributed by atoms with Gasteiger partial charge in [0.25, 0.3) is 0 Å². The van der Waals surface area contributed by atoms with Crippen molar-refractivity contribution in [3.05, 3.63) is 41.2 Å². The van der Waals surface area contributed by atoms with Gasteiger partial charge in [0.15, 0.2) is 5.82 Å². The number of hydrogen-bond acceptors (Lipinski definition) is 3. The van der Waals surface area contributed by atoms with E-state index in [1.54, 1.807) is 0 Å². The summed E-state index contributed by atoms with van der Waals surface area (Å²) in [4.78, 5) is 8.92. The first-order chi connectivity index (χ1) is 9.40. The van der Waals surface area contributed by atoms with Crippen molar-refractivity contribution in [2.75, 3.05) is 6.61 Å². The molecule has 20 heavy (non-hydrogen) atoms. The summed E-state index contributed by atoms with van der Waals surface area (Å²) in [5.74, 6) is 1.49. The highest BCUT2D eigenvalue weighted by Crippen LogP contribution is 2.26. The predicted molar refractivity (Wildman–Crippen MR) is 82.3 cm³/mol. The molecule has 1 heterocycles. The zero-order chi connectivity index (χ0) is 14.8. The molecule has 0 aliphatic heterocycles. The summed E-state index contributed by atoms with van der Waals surface area (Å²) < 4.78 is 5.43. The number of nitrogens with zero attached hydrogens (tertiary/aromatic N) is 2. The minimum atomic E-state index is -0.0629. The highest BCUT2D eigenvalue weighted by molar-refractivity contribution is 6.29. The maximum atomic E-state index is 6.11. The lowest BCUT2D eigenvalue weighted by atomic mass is 9.92. The van der Waals surface area contributed by atoms with Gasteiger partial charge in [0, 0.05) is 11.0 Å². The number of rotatable bonds is 3. The molecular formula is C16H19ClN2O. The summed E-state index contributed by atoms with van der Waals surface area (Å²) in [7, 11) is 0. The van der Waals surface area contributed by atoms with E-state index < -0.39 is 0 Å². The summed E-state index contributed by atoms with van der Waals surface area (Å²) in [6, 6.07) is 9.55. The molecular weight excluding hydrogens is 272 g/mol. The Hall–Kier alpha value is -1.61. The second kappa shape index (κ2) is 5.80.